The maximum atomic E-state index is 10.4. The minimum atomic E-state index is -0.499. The number of benzene rings is 1. The Kier molecular flexibility index (Phi) is 2.00. The second-order valence-electron chi connectivity index (χ2n) is 4.72. The molecule has 0 spiro atoms. The van der Waals surface area contributed by atoms with E-state index in [1.807, 2.05) is 0 Å². The van der Waals surface area contributed by atoms with Crippen molar-refractivity contribution in [2.24, 2.45) is 0 Å². The first kappa shape index (κ1) is 9.82. The molecule has 2 N–H and O–H groups in total. The molecule has 0 atom stereocenters. The first-order chi connectivity index (χ1) is 7.16. The molecule has 0 unspecified atom stereocenters. The second kappa shape index (κ2) is 3.06. The quantitative estimate of drug-likeness (QED) is 0.857. The van der Waals surface area contributed by atoms with Crippen LogP contribution in [0.25, 0.3) is 0 Å². The van der Waals surface area contributed by atoms with Crippen LogP contribution in [0.3, 0.4) is 0 Å². The molecule has 2 aliphatic rings. The monoisotopic (exact) mass is 267 g/mol. The SMILES string of the molecule is OC1(C2(c3ccc(Br)cc3)CC2)CNC1. The molecule has 0 bridgehead atoms. The molecule has 1 saturated heterocycles. The van der Waals surface area contributed by atoms with Crippen molar-refractivity contribution >= 4 is 15.9 Å². The molecule has 3 heteroatoms. The molecule has 1 aliphatic heterocycles. The van der Waals surface area contributed by atoms with Crippen molar-refractivity contribution < 1.29 is 5.11 Å². The summed E-state index contributed by atoms with van der Waals surface area (Å²) in [5, 5.41) is 13.6. The molecular weight excluding hydrogens is 254 g/mol. The summed E-state index contributed by atoms with van der Waals surface area (Å²) in [5.74, 6) is 0. The van der Waals surface area contributed by atoms with Gasteiger partial charge >= 0.3 is 0 Å². The molecule has 1 aliphatic carbocycles. The van der Waals surface area contributed by atoms with Crippen LogP contribution in [0.1, 0.15) is 18.4 Å². The van der Waals surface area contributed by atoms with Crippen LogP contribution in [0.15, 0.2) is 28.7 Å². The lowest BCUT2D eigenvalue weighted by molar-refractivity contribution is -0.0452. The molecule has 1 heterocycles. The van der Waals surface area contributed by atoms with E-state index in [0.717, 1.165) is 30.4 Å². The van der Waals surface area contributed by atoms with Gasteiger partial charge in [0.05, 0.1) is 5.60 Å². The van der Waals surface area contributed by atoms with Crippen molar-refractivity contribution in [1.82, 2.24) is 5.32 Å². The summed E-state index contributed by atoms with van der Waals surface area (Å²) in [5.41, 5.74) is 0.828. The van der Waals surface area contributed by atoms with Crippen LogP contribution in [0, 0.1) is 0 Å². The van der Waals surface area contributed by atoms with Gasteiger partial charge in [-0.1, -0.05) is 28.1 Å². The summed E-state index contributed by atoms with van der Waals surface area (Å²) in [4.78, 5) is 0. The average Bonchev–Trinajstić information content (AvgIpc) is 2.97. The molecule has 80 valence electrons. The van der Waals surface area contributed by atoms with E-state index in [2.05, 4.69) is 45.5 Å². The molecule has 0 radical (unpaired) electrons. The molecule has 0 amide bonds. The molecule has 3 rings (SSSR count). The Bertz CT molecular complexity index is 379. The molecule has 15 heavy (non-hydrogen) atoms. The van der Waals surface area contributed by atoms with Crippen molar-refractivity contribution in [2.45, 2.75) is 23.9 Å². The third-order valence-corrected chi connectivity index (χ3v) is 4.40. The van der Waals surface area contributed by atoms with E-state index in [9.17, 15) is 5.11 Å². The zero-order valence-corrected chi connectivity index (χ0v) is 10.0. The number of rotatable bonds is 2. The van der Waals surface area contributed by atoms with Crippen molar-refractivity contribution in [1.29, 1.82) is 0 Å². The number of hydrogen-bond acceptors (Lipinski definition) is 2. The van der Waals surface area contributed by atoms with E-state index in [-0.39, 0.29) is 5.41 Å². The van der Waals surface area contributed by atoms with E-state index >= 15 is 0 Å². The highest BCUT2D eigenvalue weighted by Crippen LogP contribution is 2.57. The highest BCUT2D eigenvalue weighted by molar-refractivity contribution is 9.10. The normalized spacial score (nSPS) is 25.7. The lowest BCUT2D eigenvalue weighted by Gasteiger charge is -2.45. The minimum Gasteiger partial charge on any atom is -0.386 e. The Morgan fingerprint density at radius 3 is 2.13 bits per heavy atom. The zero-order chi connectivity index (χ0) is 10.5. The van der Waals surface area contributed by atoms with Gasteiger partial charge in [0.25, 0.3) is 0 Å². The van der Waals surface area contributed by atoms with E-state index in [1.165, 1.54) is 5.56 Å². The van der Waals surface area contributed by atoms with E-state index < -0.39 is 5.60 Å². The van der Waals surface area contributed by atoms with Crippen molar-refractivity contribution in [3.8, 4) is 0 Å². The molecular formula is C12H14BrNO. The van der Waals surface area contributed by atoms with Crippen LogP contribution in [-0.4, -0.2) is 23.8 Å². The van der Waals surface area contributed by atoms with Crippen molar-refractivity contribution in [3.63, 3.8) is 0 Å². The summed E-state index contributed by atoms with van der Waals surface area (Å²) in [6, 6.07) is 8.39. The zero-order valence-electron chi connectivity index (χ0n) is 8.46. The van der Waals surface area contributed by atoms with Gasteiger partial charge in [-0.15, -0.1) is 0 Å². The van der Waals surface area contributed by atoms with Crippen LogP contribution >= 0.6 is 15.9 Å². The van der Waals surface area contributed by atoms with Gasteiger partial charge in [0.1, 0.15) is 0 Å². The van der Waals surface area contributed by atoms with Gasteiger partial charge in [-0.25, -0.2) is 0 Å². The molecule has 2 fully saturated rings. The van der Waals surface area contributed by atoms with Crippen LogP contribution < -0.4 is 5.32 Å². The lowest BCUT2D eigenvalue weighted by Crippen LogP contribution is -2.66. The Hall–Kier alpha value is -0.380. The Labute approximate surface area is 97.8 Å². The fraction of sp³-hybridized carbons (Fsp3) is 0.500. The van der Waals surface area contributed by atoms with Gasteiger partial charge in [-0.2, -0.15) is 0 Å². The third kappa shape index (κ3) is 1.30. The third-order valence-electron chi connectivity index (χ3n) is 3.87. The summed E-state index contributed by atoms with van der Waals surface area (Å²) in [6.45, 7) is 1.48. The summed E-state index contributed by atoms with van der Waals surface area (Å²) in [6.07, 6.45) is 2.24. The van der Waals surface area contributed by atoms with Gasteiger partial charge in [0.2, 0.25) is 0 Å². The van der Waals surface area contributed by atoms with Crippen molar-refractivity contribution in [2.75, 3.05) is 13.1 Å². The fourth-order valence-electron chi connectivity index (χ4n) is 2.62. The van der Waals surface area contributed by atoms with Crippen LogP contribution in [0.4, 0.5) is 0 Å². The Morgan fingerprint density at radius 2 is 1.73 bits per heavy atom. The smallest absolute Gasteiger partial charge is 0.0990 e. The predicted molar refractivity (Wildman–Crippen MR) is 62.9 cm³/mol. The summed E-state index contributed by atoms with van der Waals surface area (Å²) in [7, 11) is 0. The highest BCUT2D eigenvalue weighted by Gasteiger charge is 2.62. The lowest BCUT2D eigenvalue weighted by atomic mass is 9.75. The summed E-state index contributed by atoms with van der Waals surface area (Å²) >= 11 is 3.44. The van der Waals surface area contributed by atoms with E-state index in [0.29, 0.717) is 0 Å². The maximum Gasteiger partial charge on any atom is 0.0990 e. The van der Waals surface area contributed by atoms with E-state index in [4.69, 9.17) is 0 Å². The number of nitrogens with one attached hydrogen (secondary N) is 1. The number of halogens is 1. The Morgan fingerprint density at radius 1 is 1.13 bits per heavy atom. The maximum absolute atomic E-state index is 10.4. The van der Waals surface area contributed by atoms with Gasteiger partial charge in [0.15, 0.2) is 0 Å². The highest BCUT2D eigenvalue weighted by atomic mass is 79.9. The van der Waals surface area contributed by atoms with Gasteiger partial charge in [-0.05, 0) is 30.5 Å². The van der Waals surface area contributed by atoms with Crippen LogP contribution in [0.5, 0.6) is 0 Å². The fourth-order valence-corrected chi connectivity index (χ4v) is 2.88. The van der Waals surface area contributed by atoms with Crippen LogP contribution in [0.2, 0.25) is 0 Å². The molecule has 1 aromatic carbocycles. The second-order valence-corrected chi connectivity index (χ2v) is 5.64. The number of aliphatic hydroxyl groups is 1. The number of β-amino-alcohol motifs (C(OH)–C–C–N with tert-alkyl or cyclic N) is 1. The first-order valence-electron chi connectivity index (χ1n) is 5.36. The van der Waals surface area contributed by atoms with E-state index in [1.54, 1.807) is 0 Å². The minimum absolute atomic E-state index is 0.0406. The largest absolute Gasteiger partial charge is 0.386 e. The standard InChI is InChI=1S/C12H14BrNO/c13-10-3-1-9(2-4-10)11(5-6-11)12(15)7-14-8-12/h1-4,14-15H,5-8H2. The molecule has 1 aromatic rings. The van der Waals surface area contributed by atoms with Crippen molar-refractivity contribution in [3.05, 3.63) is 34.3 Å². The molecule has 1 saturated carbocycles. The number of hydrogen-bond donors (Lipinski definition) is 2. The van der Waals surface area contributed by atoms with Crippen LogP contribution in [-0.2, 0) is 5.41 Å². The van der Waals surface area contributed by atoms with Gasteiger partial charge < -0.3 is 10.4 Å². The Balaban J connectivity index is 1.96. The molecule has 0 aromatic heterocycles. The summed E-state index contributed by atoms with van der Waals surface area (Å²) < 4.78 is 1.10. The first-order valence-corrected chi connectivity index (χ1v) is 6.15. The van der Waals surface area contributed by atoms with Gasteiger partial charge in [0, 0.05) is 23.0 Å². The average molecular weight is 268 g/mol. The molecule has 2 nitrogen and oxygen atoms in total. The predicted octanol–water partition coefficient (Wildman–Crippen LogP) is 1.81. The van der Waals surface area contributed by atoms with Gasteiger partial charge in [-0.3, -0.25) is 0 Å². The topological polar surface area (TPSA) is 32.3 Å².